The molecule has 4 atom stereocenters. The average Bonchev–Trinajstić information content (AvgIpc) is 3.74. The molecule has 3 rings (SSSR count). The summed E-state index contributed by atoms with van der Waals surface area (Å²) in [7, 11) is 1.62. The number of fused-ring (bicyclic) bond motifs is 1. The van der Waals surface area contributed by atoms with E-state index in [-0.39, 0.29) is 24.2 Å². The maximum absolute atomic E-state index is 13.9. The van der Waals surface area contributed by atoms with E-state index in [4.69, 9.17) is 0 Å². The highest BCUT2D eigenvalue weighted by molar-refractivity contribution is 5.95. The van der Waals surface area contributed by atoms with Crippen molar-refractivity contribution in [1.29, 1.82) is 0 Å². The number of amides is 4. The second kappa shape index (κ2) is 20.1. The number of likely N-dealkylation sites (N-methyl/N-ethyl adjacent to an activating group) is 1. The Balaban J connectivity index is 1.56. The number of unbranched alkanes of at least 4 members (excludes halogenated alkanes) is 10. The molecule has 0 saturated carbocycles. The summed E-state index contributed by atoms with van der Waals surface area (Å²) in [6.07, 6.45) is 17.7. The van der Waals surface area contributed by atoms with Gasteiger partial charge in [0.25, 0.3) is 5.91 Å². The third kappa shape index (κ3) is 11.1. The van der Waals surface area contributed by atoms with Gasteiger partial charge in [-0.2, -0.15) is 0 Å². The quantitative estimate of drug-likeness (QED) is 0.0716. The number of hydrogen-bond donors (Lipinski definition) is 4. The van der Waals surface area contributed by atoms with Crippen LogP contribution >= 0.6 is 0 Å². The lowest BCUT2D eigenvalue weighted by atomic mass is 9.95. The van der Waals surface area contributed by atoms with Crippen molar-refractivity contribution in [2.75, 3.05) is 13.6 Å². The number of nitrogens with zero attached hydrogens (tertiary/aromatic N) is 2. The summed E-state index contributed by atoms with van der Waals surface area (Å²) in [5.74, 6) is -1.67. The highest BCUT2D eigenvalue weighted by Crippen LogP contribution is 2.25. The lowest BCUT2D eigenvalue weighted by molar-refractivity contribution is -0.148. The van der Waals surface area contributed by atoms with Crippen molar-refractivity contribution in [3.8, 4) is 0 Å². The van der Waals surface area contributed by atoms with Gasteiger partial charge >= 0.3 is 0 Å². The van der Waals surface area contributed by atoms with Crippen molar-refractivity contribution in [3.05, 3.63) is 36.0 Å². The first-order valence-electron chi connectivity index (χ1n) is 18.1. The number of likely N-dealkylation sites (tertiary alicyclic amines) is 1. The van der Waals surface area contributed by atoms with Gasteiger partial charge in [-0.1, -0.05) is 110 Å². The minimum Gasteiger partial charge on any atom is -0.361 e. The first-order chi connectivity index (χ1) is 22.7. The van der Waals surface area contributed by atoms with Crippen molar-refractivity contribution in [3.63, 3.8) is 0 Å². The minimum atomic E-state index is -1.06. The number of rotatable bonds is 21. The summed E-state index contributed by atoms with van der Waals surface area (Å²) >= 11 is 0. The molecule has 2 aromatic rings. The van der Waals surface area contributed by atoms with E-state index in [0.29, 0.717) is 25.8 Å². The van der Waals surface area contributed by atoms with Crippen LogP contribution in [0.15, 0.2) is 30.5 Å². The zero-order chi connectivity index (χ0) is 34.2. The van der Waals surface area contributed by atoms with Crippen LogP contribution in [0.25, 0.3) is 10.9 Å². The van der Waals surface area contributed by atoms with Crippen LogP contribution in [0, 0.1) is 5.92 Å². The summed E-state index contributed by atoms with van der Waals surface area (Å²) in [6, 6.07) is 5.15. The minimum absolute atomic E-state index is 0.00752. The number of H-pyrrole nitrogens is 1. The Hall–Kier alpha value is -3.40. The molecule has 1 aromatic carbocycles. The van der Waals surface area contributed by atoms with Crippen LogP contribution in [0.5, 0.6) is 0 Å². The largest absolute Gasteiger partial charge is 0.361 e. The van der Waals surface area contributed by atoms with Crippen LogP contribution in [-0.2, 0) is 25.6 Å². The SMILES string of the molecule is CCCCCCCCCCCCCC(=O)N1CCC[C@H]1C(=O)N(C)C(C(=O)NC(Cc1c[nH]c2ccccc12)C(=O)NO)C(C)CC. The Morgan fingerprint density at radius 2 is 1.60 bits per heavy atom. The van der Waals surface area contributed by atoms with Gasteiger partial charge in [-0.05, 0) is 36.8 Å². The molecule has 3 unspecified atom stereocenters. The highest BCUT2D eigenvalue weighted by Gasteiger charge is 2.40. The number of aromatic nitrogens is 1. The Labute approximate surface area is 281 Å². The van der Waals surface area contributed by atoms with E-state index in [1.807, 2.05) is 38.1 Å². The molecule has 0 aliphatic carbocycles. The predicted molar refractivity (Wildman–Crippen MR) is 186 cm³/mol. The normalized spacial score (nSPS) is 16.5. The Morgan fingerprint density at radius 1 is 0.957 bits per heavy atom. The van der Waals surface area contributed by atoms with Gasteiger partial charge in [0.1, 0.15) is 18.1 Å². The van der Waals surface area contributed by atoms with Crippen molar-refractivity contribution < 1.29 is 24.4 Å². The van der Waals surface area contributed by atoms with Crippen molar-refractivity contribution in [1.82, 2.24) is 25.6 Å². The maximum Gasteiger partial charge on any atom is 0.266 e. The molecule has 1 aromatic heterocycles. The lowest BCUT2D eigenvalue weighted by Crippen LogP contribution is -2.58. The zero-order valence-electron chi connectivity index (χ0n) is 29.2. The lowest BCUT2D eigenvalue weighted by Gasteiger charge is -2.36. The molecule has 1 aliphatic heterocycles. The summed E-state index contributed by atoms with van der Waals surface area (Å²) in [5.41, 5.74) is 3.40. The molecule has 4 N–H and O–H groups in total. The van der Waals surface area contributed by atoms with E-state index < -0.39 is 29.9 Å². The molecule has 1 aliphatic rings. The third-order valence-corrected chi connectivity index (χ3v) is 9.91. The fraction of sp³-hybridized carbons (Fsp3) is 0.676. The van der Waals surface area contributed by atoms with Crippen molar-refractivity contribution >= 4 is 34.5 Å². The number of nitrogens with one attached hydrogen (secondary N) is 3. The molecule has 4 amide bonds. The van der Waals surface area contributed by atoms with Crippen molar-refractivity contribution in [2.45, 2.75) is 142 Å². The second-order valence-electron chi connectivity index (χ2n) is 13.4. The Kier molecular flexibility index (Phi) is 16.3. The van der Waals surface area contributed by atoms with Gasteiger partial charge in [0.2, 0.25) is 17.7 Å². The zero-order valence-corrected chi connectivity index (χ0v) is 29.2. The van der Waals surface area contributed by atoms with Crippen LogP contribution in [0.2, 0.25) is 0 Å². The van der Waals surface area contributed by atoms with E-state index in [9.17, 15) is 24.4 Å². The van der Waals surface area contributed by atoms with Crippen LogP contribution < -0.4 is 10.8 Å². The van der Waals surface area contributed by atoms with Gasteiger partial charge in [0.05, 0.1) is 0 Å². The van der Waals surface area contributed by atoms with Gasteiger partial charge in [0, 0.05) is 43.5 Å². The molecular weight excluding hydrogens is 594 g/mol. The molecule has 47 heavy (non-hydrogen) atoms. The number of aromatic amines is 1. The van der Waals surface area contributed by atoms with Crippen LogP contribution in [0.3, 0.4) is 0 Å². The topological polar surface area (TPSA) is 135 Å². The Morgan fingerprint density at radius 3 is 2.23 bits per heavy atom. The monoisotopic (exact) mass is 653 g/mol. The molecule has 0 spiro atoms. The summed E-state index contributed by atoms with van der Waals surface area (Å²) in [6.45, 7) is 6.64. The summed E-state index contributed by atoms with van der Waals surface area (Å²) in [4.78, 5) is 60.0. The van der Waals surface area contributed by atoms with E-state index in [2.05, 4.69) is 17.2 Å². The number of hydroxylamine groups is 1. The van der Waals surface area contributed by atoms with E-state index in [1.165, 1.54) is 56.3 Å². The third-order valence-electron chi connectivity index (χ3n) is 9.91. The molecule has 1 saturated heterocycles. The molecule has 262 valence electrons. The Bertz CT molecular complexity index is 1280. The molecule has 1 fully saturated rings. The van der Waals surface area contributed by atoms with Crippen molar-refractivity contribution in [2.24, 2.45) is 5.92 Å². The van der Waals surface area contributed by atoms with Gasteiger partial charge in [-0.25, -0.2) is 5.48 Å². The summed E-state index contributed by atoms with van der Waals surface area (Å²) < 4.78 is 0. The van der Waals surface area contributed by atoms with Gasteiger partial charge < -0.3 is 20.1 Å². The molecule has 10 nitrogen and oxygen atoms in total. The standard InChI is InChI=1S/C37H59N5O5/c1-5-7-8-9-10-11-12-13-14-15-16-23-33(43)42-24-19-22-32(42)37(46)41(4)34(27(3)6-2)36(45)39-31(35(44)40-47)25-28-26-38-30-21-18-17-20-29(28)30/h17-18,20-21,26-27,31-32,34,38,47H,5-16,19,22-25H2,1-4H3,(H,39,45)(H,40,44)/t27?,31?,32-,34?/m0/s1. The van der Waals surface area contributed by atoms with Crippen LogP contribution in [0.1, 0.15) is 123 Å². The fourth-order valence-electron chi connectivity index (χ4n) is 6.88. The number of benzene rings is 1. The molecule has 2 heterocycles. The first kappa shape index (κ1) is 38.1. The fourth-order valence-corrected chi connectivity index (χ4v) is 6.88. The summed E-state index contributed by atoms with van der Waals surface area (Å²) in [5, 5.41) is 13.2. The molecular formula is C37H59N5O5. The van der Waals surface area contributed by atoms with Gasteiger partial charge in [-0.3, -0.25) is 24.4 Å². The smallest absolute Gasteiger partial charge is 0.266 e. The molecule has 0 radical (unpaired) electrons. The van der Waals surface area contributed by atoms with Crippen LogP contribution in [-0.4, -0.2) is 75.3 Å². The van der Waals surface area contributed by atoms with Gasteiger partial charge in [0.15, 0.2) is 0 Å². The first-order valence-corrected chi connectivity index (χ1v) is 18.1. The number of carbonyl (C=O) groups excluding carboxylic acids is 4. The molecule has 10 heteroatoms. The maximum atomic E-state index is 13.9. The predicted octanol–water partition coefficient (Wildman–Crippen LogP) is 6.27. The number of carbonyl (C=O) groups is 4. The average molecular weight is 654 g/mol. The number of para-hydroxylation sites is 1. The van der Waals surface area contributed by atoms with E-state index in [1.54, 1.807) is 23.6 Å². The van der Waals surface area contributed by atoms with Gasteiger partial charge in [-0.15, -0.1) is 0 Å². The van der Waals surface area contributed by atoms with E-state index >= 15 is 0 Å². The number of hydrogen-bond acceptors (Lipinski definition) is 5. The highest BCUT2D eigenvalue weighted by atomic mass is 16.5. The van der Waals surface area contributed by atoms with E-state index in [0.717, 1.165) is 42.1 Å². The second-order valence-corrected chi connectivity index (χ2v) is 13.4. The van der Waals surface area contributed by atoms with Crippen LogP contribution in [0.4, 0.5) is 0 Å². The molecule has 0 bridgehead atoms.